The minimum absolute atomic E-state index is 0.306. The number of benzene rings is 2. The van der Waals surface area contributed by atoms with Gasteiger partial charge in [-0.3, -0.25) is 0 Å². The molecule has 2 aromatic rings. The lowest BCUT2D eigenvalue weighted by molar-refractivity contribution is -0.00390. The van der Waals surface area contributed by atoms with Gasteiger partial charge >= 0.3 is 5.97 Å². The van der Waals surface area contributed by atoms with E-state index in [-0.39, 0.29) is 0 Å². The number of hydrogen-bond donors (Lipinski definition) is 0. The van der Waals surface area contributed by atoms with Crippen LogP contribution in [0.4, 0.5) is 17.6 Å². The van der Waals surface area contributed by atoms with Gasteiger partial charge in [0.25, 0.3) is 0 Å². The highest BCUT2D eigenvalue weighted by Crippen LogP contribution is 2.54. The normalized spacial score (nSPS) is 22.1. The predicted molar refractivity (Wildman–Crippen MR) is 138 cm³/mol. The first kappa shape index (κ1) is 28.4. The van der Waals surface area contributed by atoms with E-state index in [1.54, 1.807) is 0 Å². The highest BCUT2D eigenvalue weighted by Gasteiger charge is 2.44. The second kappa shape index (κ2) is 12.5. The Morgan fingerprint density at radius 2 is 1.55 bits per heavy atom. The smallest absolute Gasteiger partial charge is 0.346 e. The molecule has 0 bridgehead atoms. The van der Waals surface area contributed by atoms with Crippen LogP contribution in [0.1, 0.15) is 94.8 Å². The van der Waals surface area contributed by atoms with E-state index in [0.717, 1.165) is 30.7 Å². The van der Waals surface area contributed by atoms with Crippen LogP contribution in [0.25, 0.3) is 0 Å². The summed E-state index contributed by atoms with van der Waals surface area (Å²) in [6, 6.07) is 4.85. The maximum atomic E-state index is 14.6. The first-order valence-electron chi connectivity index (χ1n) is 14.0. The molecule has 2 saturated carbocycles. The minimum atomic E-state index is -1.68. The van der Waals surface area contributed by atoms with Gasteiger partial charge in [-0.25, -0.2) is 22.4 Å². The summed E-state index contributed by atoms with van der Waals surface area (Å²) in [6.45, 7) is 5.24. The van der Waals surface area contributed by atoms with Crippen LogP contribution in [0.15, 0.2) is 30.3 Å². The molecule has 0 saturated heterocycles. The average molecular weight is 535 g/mol. The van der Waals surface area contributed by atoms with E-state index in [0.29, 0.717) is 35.8 Å². The van der Waals surface area contributed by atoms with Gasteiger partial charge in [0.15, 0.2) is 17.5 Å². The molecular formula is C31H38F4O3. The number of esters is 1. The summed E-state index contributed by atoms with van der Waals surface area (Å²) in [5, 5.41) is 0. The first-order chi connectivity index (χ1) is 18.2. The lowest BCUT2D eigenvalue weighted by atomic mass is 9.55. The van der Waals surface area contributed by atoms with Gasteiger partial charge in [-0.2, -0.15) is 0 Å². The Balaban J connectivity index is 1.31. The largest absolute Gasteiger partial charge is 0.493 e. The van der Waals surface area contributed by atoms with Crippen molar-refractivity contribution in [3.63, 3.8) is 0 Å². The SMILES string of the molecule is CCCC(C)C1(C2CCC(COc3ccc(C(=O)Oc4cc(F)c(F)c(F)c4)c(F)c3)CC2)CCCCC1. The molecule has 2 aliphatic carbocycles. The fraction of sp³-hybridized carbons (Fsp3) is 0.581. The van der Waals surface area contributed by atoms with Crippen LogP contribution in [0.2, 0.25) is 0 Å². The lowest BCUT2D eigenvalue weighted by Gasteiger charge is -2.50. The van der Waals surface area contributed by atoms with E-state index in [1.807, 2.05) is 0 Å². The van der Waals surface area contributed by atoms with Crippen molar-refractivity contribution in [2.24, 2.45) is 23.2 Å². The molecule has 0 amide bonds. The van der Waals surface area contributed by atoms with E-state index >= 15 is 0 Å². The van der Waals surface area contributed by atoms with Crippen molar-refractivity contribution < 1.29 is 31.8 Å². The van der Waals surface area contributed by atoms with Crippen molar-refractivity contribution in [3.05, 3.63) is 59.2 Å². The second-order valence-electron chi connectivity index (χ2n) is 11.2. The van der Waals surface area contributed by atoms with Crippen molar-refractivity contribution in [1.82, 2.24) is 0 Å². The highest BCUT2D eigenvalue weighted by atomic mass is 19.2. The Morgan fingerprint density at radius 3 is 2.16 bits per heavy atom. The molecule has 2 aromatic carbocycles. The lowest BCUT2D eigenvalue weighted by Crippen LogP contribution is -2.41. The molecule has 0 radical (unpaired) electrons. The number of halogens is 4. The zero-order chi connectivity index (χ0) is 27.3. The van der Waals surface area contributed by atoms with E-state index < -0.39 is 40.6 Å². The maximum Gasteiger partial charge on any atom is 0.346 e. The van der Waals surface area contributed by atoms with Gasteiger partial charge in [0.2, 0.25) is 0 Å². The molecule has 0 N–H and O–H groups in total. The fourth-order valence-electron chi connectivity index (χ4n) is 6.86. The summed E-state index contributed by atoms with van der Waals surface area (Å²) in [6.07, 6.45) is 14.0. The molecule has 3 nitrogen and oxygen atoms in total. The summed E-state index contributed by atoms with van der Waals surface area (Å²) in [5.41, 5.74) is 0.0704. The van der Waals surface area contributed by atoms with Crippen LogP contribution in [-0.2, 0) is 0 Å². The number of rotatable bonds is 9. The van der Waals surface area contributed by atoms with Crippen molar-refractivity contribution in [2.45, 2.75) is 84.5 Å². The Labute approximate surface area is 222 Å². The van der Waals surface area contributed by atoms with Crippen LogP contribution in [0.5, 0.6) is 11.5 Å². The van der Waals surface area contributed by atoms with E-state index in [1.165, 1.54) is 69.9 Å². The van der Waals surface area contributed by atoms with Crippen LogP contribution in [-0.4, -0.2) is 12.6 Å². The molecule has 0 spiro atoms. The molecule has 1 atom stereocenters. The molecule has 0 aliphatic heterocycles. The van der Waals surface area contributed by atoms with Crippen molar-refractivity contribution in [1.29, 1.82) is 0 Å². The monoisotopic (exact) mass is 534 g/mol. The van der Waals surface area contributed by atoms with Gasteiger partial charge in [-0.1, -0.05) is 46.0 Å². The summed E-state index contributed by atoms with van der Waals surface area (Å²) in [4.78, 5) is 12.3. The topological polar surface area (TPSA) is 35.5 Å². The van der Waals surface area contributed by atoms with Gasteiger partial charge in [-0.15, -0.1) is 0 Å². The third kappa shape index (κ3) is 6.35. The van der Waals surface area contributed by atoms with Crippen LogP contribution in [0, 0.1) is 46.4 Å². The fourth-order valence-corrected chi connectivity index (χ4v) is 6.86. The van der Waals surface area contributed by atoms with E-state index in [9.17, 15) is 22.4 Å². The highest BCUT2D eigenvalue weighted by molar-refractivity contribution is 5.91. The van der Waals surface area contributed by atoms with Gasteiger partial charge in [0.1, 0.15) is 17.3 Å². The Hall–Kier alpha value is -2.57. The van der Waals surface area contributed by atoms with Crippen molar-refractivity contribution in [3.8, 4) is 11.5 Å². The third-order valence-corrected chi connectivity index (χ3v) is 8.96. The predicted octanol–water partition coefficient (Wildman–Crippen LogP) is 9.03. The molecule has 38 heavy (non-hydrogen) atoms. The van der Waals surface area contributed by atoms with Gasteiger partial charge in [-0.05, 0) is 73.8 Å². The molecule has 2 aliphatic rings. The summed E-state index contributed by atoms with van der Waals surface area (Å²) in [5.74, 6) is -5.01. The quantitative estimate of drug-likeness (QED) is 0.139. The molecular weight excluding hydrogens is 496 g/mol. The Kier molecular flexibility index (Phi) is 9.37. The van der Waals surface area contributed by atoms with Crippen LogP contribution < -0.4 is 9.47 Å². The van der Waals surface area contributed by atoms with Gasteiger partial charge in [0, 0.05) is 18.2 Å². The van der Waals surface area contributed by atoms with Gasteiger partial charge < -0.3 is 9.47 Å². The number of ether oxygens (including phenoxy) is 2. The summed E-state index contributed by atoms with van der Waals surface area (Å²) < 4.78 is 65.2. The van der Waals surface area contributed by atoms with Gasteiger partial charge in [0.05, 0.1) is 12.2 Å². The standard InChI is InChI=1S/C31H38F4O3/c1-3-7-20(2)31(14-5-4-6-15-31)22-10-8-21(9-11-22)19-37-23-12-13-25(26(32)16-23)30(36)38-24-17-27(33)29(35)28(34)18-24/h12-13,16-18,20-22H,3-11,14-15,19H2,1-2H3. The first-order valence-corrected chi connectivity index (χ1v) is 14.0. The Bertz CT molecular complexity index is 1080. The molecule has 7 heteroatoms. The molecule has 1 unspecified atom stereocenters. The number of carbonyl (C=O) groups excluding carboxylic acids is 1. The van der Waals surface area contributed by atoms with Crippen LogP contribution in [0.3, 0.4) is 0 Å². The Morgan fingerprint density at radius 1 is 0.921 bits per heavy atom. The second-order valence-corrected chi connectivity index (χ2v) is 11.2. The minimum Gasteiger partial charge on any atom is -0.493 e. The van der Waals surface area contributed by atoms with Crippen molar-refractivity contribution >= 4 is 5.97 Å². The molecule has 0 heterocycles. The molecule has 208 valence electrons. The van der Waals surface area contributed by atoms with Crippen molar-refractivity contribution in [2.75, 3.05) is 6.61 Å². The maximum absolute atomic E-state index is 14.6. The number of carbonyl (C=O) groups is 1. The third-order valence-electron chi connectivity index (χ3n) is 8.96. The molecule has 4 rings (SSSR count). The molecule has 2 fully saturated rings. The average Bonchev–Trinajstić information content (AvgIpc) is 2.91. The molecule has 0 aromatic heterocycles. The van der Waals surface area contributed by atoms with E-state index in [2.05, 4.69) is 13.8 Å². The van der Waals surface area contributed by atoms with E-state index in [4.69, 9.17) is 9.47 Å². The summed E-state index contributed by atoms with van der Waals surface area (Å²) >= 11 is 0. The summed E-state index contributed by atoms with van der Waals surface area (Å²) in [7, 11) is 0. The van der Waals surface area contributed by atoms with Crippen LogP contribution >= 0.6 is 0 Å². The number of hydrogen-bond acceptors (Lipinski definition) is 3. The zero-order valence-corrected chi connectivity index (χ0v) is 22.3. The zero-order valence-electron chi connectivity index (χ0n) is 22.3.